The van der Waals surface area contributed by atoms with E-state index in [2.05, 4.69) is 23.4 Å². The van der Waals surface area contributed by atoms with Gasteiger partial charge in [-0.1, -0.05) is 13.8 Å². The summed E-state index contributed by atoms with van der Waals surface area (Å²) in [6, 6.07) is 4.00. The van der Waals surface area contributed by atoms with E-state index in [9.17, 15) is 0 Å². The molecule has 0 atom stereocenters. The fourth-order valence-electron chi connectivity index (χ4n) is 1.69. The number of aromatic nitrogens is 2. The average molecular weight is 204 g/mol. The van der Waals surface area contributed by atoms with Crippen molar-refractivity contribution < 1.29 is 4.42 Å². The van der Waals surface area contributed by atoms with Crippen molar-refractivity contribution in [2.24, 2.45) is 0 Å². The maximum atomic E-state index is 5.54. The van der Waals surface area contributed by atoms with E-state index in [1.54, 1.807) is 0 Å². The topological polar surface area (TPSA) is 31.0 Å². The quantitative estimate of drug-likeness (QED) is 0.769. The van der Waals surface area contributed by atoms with Gasteiger partial charge in [0.1, 0.15) is 17.3 Å². The van der Waals surface area contributed by atoms with Crippen LogP contribution in [0.5, 0.6) is 0 Å². The Kier molecular flexibility index (Phi) is 2.62. The summed E-state index contributed by atoms with van der Waals surface area (Å²) >= 11 is 0. The van der Waals surface area contributed by atoms with Crippen molar-refractivity contribution in [3.63, 3.8) is 0 Å². The standard InChI is InChI=1S/C12H16N2O/c1-9(2)12-13-6-7-14(12)8-11-5-4-10(3)15-11/h4-7,9H,8H2,1-3H3. The molecule has 0 amide bonds. The Morgan fingerprint density at radius 2 is 2.20 bits per heavy atom. The highest BCUT2D eigenvalue weighted by molar-refractivity contribution is 5.08. The monoisotopic (exact) mass is 204 g/mol. The Labute approximate surface area is 89.7 Å². The van der Waals surface area contributed by atoms with Gasteiger partial charge in [0, 0.05) is 18.3 Å². The van der Waals surface area contributed by atoms with Crippen molar-refractivity contribution in [2.75, 3.05) is 0 Å². The van der Waals surface area contributed by atoms with E-state index in [0.717, 1.165) is 23.9 Å². The predicted molar refractivity (Wildman–Crippen MR) is 58.9 cm³/mol. The van der Waals surface area contributed by atoms with Crippen molar-refractivity contribution in [3.05, 3.63) is 41.9 Å². The number of hydrogen-bond donors (Lipinski definition) is 0. The zero-order valence-electron chi connectivity index (χ0n) is 9.40. The molecule has 0 unspecified atom stereocenters. The summed E-state index contributed by atoms with van der Waals surface area (Å²) in [5.41, 5.74) is 0. The summed E-state index contributed by atoms with van der Waals surface area (Å²) in [7, 11) is 0. The number of furan rings is 1. The fourth-order valence-corrected chi connectivity index (χ4v) is 1.69. The molecule has 2 aromatic rings. The molecule has 0 aliphatic heterocycles. The van der Waals surface area contributed by atoms with Crippen LogP contribution in [-0.4, -0.2) is 9.55 Å². The lowest BCUT2D eigenvalue weighted by molar-refractivity contribution is 0.464. The van der Waals surface area contributed by atoms with Gasteiger partial charge in [0.2, 0.25) is 0 Å². The van der Waals surface area contributed by atoms with Gasteiger partial charge in [-0.15, -0.1) is 0 Å². The second-order valence-corrected chi connectivity index (χ2v) is 4.08. The Morgan fingerprint density at radius 3 is 2.80 bits per heavy atom. The number of rotatable bonds is 3. The van der Waals surface area contributed by atoms with Crippen LogP contribution in [0.25, 0.3) is 0 Å². The number of nitrogens with zero attached hydrogens (tertiary/aromatic N) is 2. The van der Waals surface area contributed by atoms with Gasteiger partial charge in [0.15, 0.2) is 0 Å². The van der Waals surface area contributed by atoms with Crippen molar-refractivity contribution in [3.8, 4) is 0 Å². The summed E-state index contributed by atoms with van der Waals surface area (Å²) in [5.74, 6) is 3.48. The van der Waals surface area contributed by atoms with Crippen molar-refractivity contribution in [1.82, 2.24) is 9.55 Å². The molecule has 15 heavy (non-hydrogen) atoms. The minimum Gasteiger partial charge on any atom is -0.464 e. The molecule has 0 saturated carbocycles. The number of aryl methyl sites for hydroxylation is 1. The minimum absolute atomic E-state index is 0.441. The molecule has 2 rings (SSSR count). The third-order valence-electron chi connectivity index (χ3n) is 2.39. The first-order valence-electron chi connectivity index (χ1n) is 5.23. The van der Waals surface area contributed by atoms with E-state index in [4.69, 9.17) is 4.42 Å². The smallest absolute Gasteiger partial charge is 0.123 e. The Morgan fingerprint density at radius 1 is 1.40 bits per heavy atom. The molecule has 0 saturated heterocycles. The average Bonchev–Trinajstić information content (AvgIpc) is 2.75. The predicted octanol–water partition coefficient (Wildman–Crippen LogP) is 2.96. The lowest BCUT2D eigenvalue weighted by atomic mass is 10.2. The number of hydrogen-bond acceptors (Lipinski definition) is 2. The van der Waals surface area contributed by atoms with Gasteiger partial charge in [-0.05, 0) is 19.1 Å². The van der Waals surface area contributed by atoms with Crippen LogP contribution in [0.15, 0.2) is 28.9 Å². The largest absolute Gasteiger partial charge is 0.464 e. The van der Waals surface area contributed by atoms with E-state index >= 15 is 0 Å². The van der Waals surface area contributed by atoms with Crippen LogP contribution in [0.4, 0.5) is 0 Å². The van der Waals surface area contributed by atoms with Gasteiger partial charge in [-0.25, -0.2) is 4.98 Å². The maximum absolute atomic E-state index is 5.54. The second kappa shape index (κ2) is 3.93. The van der Waals surface area contributed by atoms with Crippen LogP contribution in [0.2, 0.25) is 0 Å². The highest BCUT2D eigenvalue weighted by Crippen LogP contribution is 2.15. The van der Waals surface area contributed by atoms with Crippen molar-refractivity contribution in [1.29, 1.82) is 0 Å². The summed E-state index contributed by atoms with van der Waals surface area (Å²) < 4.78 is 7.67. The summed E-state index contributed by atoms with van der Waals surface area (Å²) in [6.07, 6.45) is 3.83. The second-order valence-electron chi connectivity index (χ2n) is 4.08. The molecule has 3 heteroatoms. The van der Waals surface area contributed by atoms with Gasteiger partial charge in [-0.3, -0.25) is 0 Å². The summed E-state index contributed by atoms with van der Waals surface area (Å²) in [4.78, 5) is 4.34. The highest BCUT2D eigenvalue weighted by Gasteiger charge is 2.08. The summed E-state index contributed by atoms with van der Waals surface area (Å²) in [5, 5.41) is 0. The Balaban J connectivity index is 2.20. The maximum Gasteiger partial charge on any atom is 0.123 e. The van der Waals surface area contributed by atoms with Gasteiger partial charge in [0.25, 0.3) is 0 Å². The van der Waals surface area contributed by atoms with E-state index in [1.165, 1.54) is 0 Å². The molecular weight excluding hydrogens is 188 g/mol. The fraction of sp³-hybridized carbons (Fsp3) is 0.417. The Bertz CT molecular complexity index is 440. The first-order valence-corrected chi connectivity index (χ1v) is 5.23. The molecule has 0 spiro atoms. The van der Waals surface area contributed by atoms with Gasteiger partial charge in [0.05, 0.1) is 6.54 Å². The molecule has 0 radical (unpaired) electrons. The normalized spacial score (nSPS) is 11.2. The molecule has 3 nitrogen and oxygen atoms in total. The van der Waals surface area contributed by atoms with E-state index in [1.807, 2.05) is 31.5 Å². The molecule has 0 bridgehead atoms. The van der Waals surface area contributed by atoms with Crippen LogP contribution in [0.1, 0.15) is 37.1 Å². The molecule has 0 fully saturated rings. The van der Waals surface area contributed by atoms with Gasteiger partial charge >= 0.3 is 0 Å². The molecule has 0 aromatic carbocycles. The van der Waals surface area contributed by atoms with Gasteiger partial charge in [-0.2, -0.15) is 0 Å². The van der Waals surface area contributed by atoms with Crippen LogP contribution in [0.3, 0.4) is 0 Å². The third kappa shape index (κ3) is 2.12. The minimum atomic E-state index is 0.441. The lowest BCUT2D eigenvalue weighted by Crippen LogP contribution is -2.05. The first kappa shape index (κ1) is 10.0. The summed E-state index contributed by atoms with van der Waals surface area (Å²) in [6.45, 7) is 7.01. The first-order chi connectivity index (χ1) is 7.16. The Hall–Kier alpha value is -1.51. The zero-order valence-corrected chi connectivity index (χ0v) is 9.40. The van der Waals surface area contributed by atoms with Crippen molar-refractivity contribution in [2.45, 2.75) is 33.2 Å². The molecule has 0 aliphatic carbocycles. The van der Waals surface area contributed by atoms with Crippen LogP contribution in [-0.2, 0) is 6.54 Å². The van der Waals surface area contributed by atoms with E-state index in [0.29, 0.717) is 5.92 Å². The molecule has 2 heterocycles. The highest BCUT2D eigenvalue weighted by atomic mass is 16.3. The van der Waals surface area contributed by atoms with Gasteiger partial charge < -0.3 is 8.98 Å². The van der Waals surface area contributed by atoms with E-state index < -0.39 is 0 Å². The SMILES string of the molecule is Cc1ccc(Cn2ccnc2C(C)C)o1. The van der Waals surface area contributed by atoms with E-state index in [-0.39, 0.29) is 0 Å². The lowest BCUT2D eigenvalue weighted by Gasteiger charge is -2.08. The molecule has 0 aliphatic rings. The van der Waals surface area contributed by atoms with Crippen molar-refractivity contribution >= 4 is 0 Å². The molecule has 2 aromatic heterocycles. The third-order valence-corrected chi connectivity index (χ3v) is 2.39. The molecule has 0 N–H and O–H groups in total. The zero-order chi connectivity index (χ0) is 10.8. The van der Waals surface area contributed by atoms with Crippen LogP contribution in [0, 0.1) is 6.92 Å². The van der Waals surface area contributed by atoms with Crippen LogP contribution < -0.4 is 0 Å². The molecular formula is C12H16N2O. The van der Waals surface area contributed by atoms with Crippen LogP contribution >= 0.6 is 0 Å². The molecule has 80 valence electrons. The number of imidazole rings is 1.